The largest absolute Gasteiger partial charge is 0.497 e. The van der Waals surface area contributed by atoms with Crippen molar-refractivity contribution in [3.8, 4) is 5.75 Å². The van der Waals surface area contributed by atoms with Gasteiger partial charge in [-0.2, -0.15) is 0 Å². The molecule has 3 fully saturated rings. The van der Waals surface area contributed by atoms with E-state index in [2.05, 4.69) is 23.1 Å². The van der Waals surface area contributed by atoms with Crippen molar-refractivity contribution in [2.75, 3.05) is 20.2 Å². The lowest BCUT2D eigenvalue weighted by Gasteiger charge is -2.34. The maximum Gasteiger partial charge on any atom is 0.309 e. The van der Waals surface area contributed by atoms with E-state index in [9.17, 15) is 4.79 Å². The molecule has 0 aromatic heterocycles. The Balaban J connectivity index is 1.49. The number of nitrogens with zero attached hydrogens (tertiary/aromatic N) is 1. The summed E-state index contributed by atoms with van der Waals surface area (Å²) in [4.78, 5) is 15.0. The third kappa shape index (κ3) is 3.39. The minimum atomic E-state index is -0.295. The molecule has 25 heavy (non-hydrogen) atoms. The summed E-state index contributed by atoms with van der Waals surface area (Å²) in [5.41, 5.74) is 2.17. The van der Waals surface area contributed by atoms with Crippen molar-refractivity contribution in [1.29, 1.82) is 0 Å². The van der Waals surface area contributed by atoms with Crippen molar-refractivity contribution in [2.45, 2.75) is 50.5 Å². The number of hydrogen-bond acceptors (Lipinski definition) is 4. The molecule has 0 N–H and O–H groups in total. The highest BCUT2D eigenvalue weighted by atomic mass is 16.6. The van der Waals surface area contributed by atoms with Crippen LogP contribution in [0.2, 0.25) is 0 Å². The normalized spacial score (nSPS) is 27.7. The third-order valence-electron chi connectivity index (χ3n) is 5.90. The summed E-state index contributed by atoms with van der Waals surface area (Å²) in [6, 6.07) is 8.12. The molecule has 0 spiro atoms. The zero-order valence-corrected chi connectivity index (χ0v) is 15.0. The Morgan fingerprint density at radius 1 is 1.20 bits per heavy atom. The van der Waals surface area contributed by atoms with Crippen LogP contribution in [0.5, 0.6) is 5.75 Å². The number of methoxy groups -OCH3 is 1. The van der Waals surface area contributed by atoms with Gasteiger partial charge in [-0.1, -0.05) is 25.0 Å². The lowest BCUT2D eigenvalue weighted by molar-refractivity contribution is -0.165. The van der Waals surface area contributed by atoms with Crippen molar-refractivity contribution in [3.05, 3.63) is 35.5 Å². The molecule has 2 aliphatic heterocycles. The summed E-state index contributed by atoms with van der Waals surface area (Å²) in [6.45, 7) is 1.91. The molecule has 4 heteroatoms. The average molecular weight is 341 g/mol. The van der Waals surface area contributed by atoms with Gasteiger partial charge in [0.15, 0.2) is 0 Å². The first-order valence-electron chi connectivity index (χ1n) is 9.50. The van der Waals surface area contributed by atoms with E-state index in [0.29, 0.717) is 0 Å². The van der Waals surface area contributed by atoms with E-state index in [4.69, 9.17) is 9.47 Å². The van der Waals surface area contributed by atoms with Gasteiger partial charge >= 0.3 is 5.97 Å². The highest BCUT2D eigenvalue weighted by molar-refractivity contribution is 5.73. The van der Waals surface area contributed by atoms with Crippen LogP contribution in [0, 0.1) is 5.92 Å². The van der Waals surface area contributed by atoms with Gasteiger partial charge in [0.25, 0.3) is 0 Å². The van der Waals surface area contributed by atoms with Gasteiger partial charge in [-0.05, 0) is 49.5 Å². The molecule has 2 bridgehead atoms. The molecule has 1 aromatic carbocycles. The van der Waals surface area contributed by atoms with Gasteiger partial charge in [-0.25, -0.2) is 0 Å². The second-order valence-electron chi connectivity index (χ2n) is 7.70. The molecule has 0 radical (unpaired) electrons. The summed E-state index contributed by atoms with van der Waals surface area (Å²) >= 11 is 0. The molecule has 1 aliphatic carbocycles. The first kappa shape index (κ1) is 16.5. The van der Waals surface area contributed by atoms with Crippen molar-refractivity contribution >= 4 is 12.0 Å². The fourth-order valence-electron chi connectivity index (χ4n) is 4.54. The highest BCUT2D eigenvalue weighted by Gasteiger charge is 2.47. The van der Waals surface area contributed by atoms with Crippen LogP contribution >= 0.6 is 0 Å². The molecule has 1 atom stereocenters. The number of piperidine rings is 1. The molecule has 1 unspecified atom stereocenters. The van der Waals surface area contributed by atoms with E-state index in [1.807, 2.05) is 12.1 Å². The molecule has 2 saturated heterocycles. The maximum absolute atomic E-state index is 12.6. The number of esters is 1. The quantitative estimate of drug-likeness (QED) is 0.776. The lowest BCUT2D eigenvalue weighted by atomic mass is 9.93. The first-order chi connectivity index (χ1) is 12.2. The maximum atomic E-state index is 12.6. The summed E-state index contributed by atoms with van der Waals surface area (Å²) in [6.07, 6.45) is 9.51. The van der Waals surface area contributed by atoms with Gasteiger partial charge < -0.3 is 14.4 Å². The zero-order valence-electron chi connectivity index (χ0n) is 15.0. The van der Waals surface area contributed by atoms with E-state index in [-0.39, 0.29) is 17.5 Å². The number of carbonyl (C=O) groups excluding carboxylic acids is 1. The number of carbonyl (C=O) groups is 1. The van der Waals surface area contributed by atoms with E-state index < -0.39 is 0 Å². The minimum Gasteiger partial charge on any atom is -0.497 e. The van der Waals surface area contributed by atoms with Gasteiger partial charge in [-0.15, -0.1) is 0 Å². The molecule has 3 aliphatic rings. The van der Waals surface area contributed by atoms with Gasteiger partial charge in [0.2, 0.25) is 0 Å². The first-order valence-corrected chi connectivity index (χ1v) is 9.50. The van der Waals surface area contributed by atoms with Crippen LogP contribution in [-0.4, -0.2) is 36.7 Å². The number of rotatable bonds is 4. The summed E-state index contributed by atoms with van der Waals surface area (Å²) < 4.78 is 11.3. The fraction of sp³-hybridized carbons (Fsp3) is 0.571. The highest BCUT2D eigenvalue weighted by Crippen LogP contribution is 2.42. The standard InChI is InChI=1S/C21H27NO3/c1-24-19-9-7-16(8-10-19)13-18-14-21(11-4-12-22(18)15-21)25-20(23)17-5-2-3-6-17/h7-10,13,17H,2-6,11-12,14-15H2,1H3/b18-13+. The van der Waals surface area contributed by atoms with E-state index in [1.54, 1.807) is 7.11 Å². The molecule has 1 saturated carbocycles. The fourth-order valence-corrected chi connectivity index (χ4v) is 4.54. The van der Waals surface area contributed by atoms with Crippen LogP contribution in [0.3, 0.4) is 0 Å². The number of benzene rings is 1. The number of hydrogen-bond donors (Lipinski definition) is 0. The Morgan fingerprint density at radius 3 is 2.68 bits per heavy atom. The Morgan fingerprint density at radius 2 is 1.96 bits per heavy atom. The van der Waals surface area contributed by atoms with Crippen LogP contribution in [0.25, 0.3) is 6.08 Å². The van der Waals surface area contributed by atoms with Crippen molar-refractivity contribution < 1.29 is 14.3 Å². The van der Waals surface area contributed by atoms with Gasteiger partial charge in [0.1, 0.15) is 11.4 Å². The van der Waals surface area contributed by atoms with Crippen LogP contribution in [0.4, 0.5) is 0 Å². The topological polar surface area (TPSA) is 38.8 Å². The van der Waals surface area contributed by atoms with Crippen molar-refractivity contribution in [2.24, 2.45) is 5.92 Å². The second-order valence-corrected chi connectivity index (χ2v) is 7.70. The van der Waals surface area contributed by atoms with Crippen LogP contribution < -0.4 is 4.74 Å². The number of ether oxygens (including phenoxy) is 2. The minimum absolute atomic E-state index is 0.0463. The summed E-state index contributed by atoms with van der Waals surface area (Å²) in [7, 11) is 1.68. The number of fused-ring (bicyclic) bond motifs is 2. The van der Waals surface area contributed by atoms with E-state index in [0.717, 1.165) is 50.9 Å². The SMILES string of the molecule is COc1ccc(/C=C2\CC3(OC(=O)C4CCCC4)CCCN2C3)cc1. The molecule has 134 valence electrons. The summed E-state index contributed by atoms with van der Waals surface area (Å²) in [5.74, 6) is 1.05. The van der Waals surface area contributed by atoms with Gasteiger partial charge in [0, 0.05) is 18.7 Å². The molecular formula is C21H27NO3. The lowest BCUT2D eigenvalue weighted by Crippen LogP contribution is -2.43. The molecule has 1 aromatic rings. The third-order valence-corrected chi connectivity index (χ3v) is 5.90. The predicted molar refractivity (Wildman–Crippen MR) is 97.2 cm³/mol. The molecule has 4 nitrogen and oxygen atoms in total. The Bertz CT molecular complexity index is 660. The predicted octanol–water partition coefficient (Wildman–Crippen LogP) is 4.01. The zero-order chi connectivity index (χ0) is 17.3. The van der Waals surface area contributed by atoms with Gasteiger partial charge in [-0.3, -0.25) is 4.79 Å². The second kappa shape index (κ2) is 6.74. The molecule has 0 amide bonds. The molecule has 4 rings (SSSR count). The van der Waals surface area contributed by atoms with Crippen LogP contribution in [0.1, 0.15) is 50.5 Å². The van der Waals surface area contributed by atoms with Crippen LogP contribution in [-0.2, 0) is 9.53 Å². The Labute approximate surface area is 149 Å². The molecular weight excluding hydrogens is 314 g/mol. The molecule has 2 heterocycles. The van der Waals surface area contributed by atoms with Crippen molar-refractivity contribution in [3.63, 3.8) is 0 Å². The van der Waals surface area contributed by atoms with E-state index in [1.165, 1.54) is 24.1 Å². The summed E-state index contributed by atoms with van der Waals surface area (Å²) in [5, 5.41) is 0. The monoisotopic (exact) mass is 341 g/mol. The average Bonchev–Trinajstić information content (AvgIpc) is 3.23. The van der Waals surface area contributed by atoms with Gasteiger partial charge in [0.05, 0.1) is 19.6 Å². The van der Waals surface area contributed by atoms with Crippen molar-refractivity contribution in [1.82, 2.24) is 4.90 Å². The Hall–Kier alpha value is -1.97. The smallest absolute Gasteiger partial charge is 0.309 e. The Kier molecular flexibility index (Phi) is 4.45. The van der Waals surface area contributed by atoms with Crippen LogP contribution in [0.15, 0.2) is 30.0 Å². The van der Waals surface area contributed by atoms with E-state index >= 15 is 0 Å².